The predicted molar refractivity (Wildman–Crippen MR) is 143 cm³/mol. The lowest BCUT2D eigenvalue weighted by molar-refractivity contribution is -0.191. The van der Waals surface area contributed by atoms with Gasteiger partial charge in [-0.3, -0.25) is 14.4 Å². The van der Waals surface area contributed by atoms with Gasteiger partial charge in [0.15, 0.2) is 0 Å². The van der Waals surface area contributed by atoms with E-state index in [4.69, 9.17) is 15.2 Å². The van der Waals surface area contributed by atoms with Gasteiger partial charge >= 0.3 is 11.9 Å². The van der Waals surface area contributed by atoms with Crippen molar-refractivity contribution in [3.8, 4) is 0 Å². The van der Waals surface area contributed by atoms with Crippen LogP contribution in [0.25, 0.3) is 0 Å². The van der Waals surface area contributed by atoms with Crippen LogP contribution in [0, 0.1) is 17.8 Å². The maximum atomic E-state index is 13.1. The van der Waals surface area contributed by atoms with E-state index >= 15 is 0 Å². The topological polar surface area (TPSA) is 95.7 Å². The summed E-state index contributed by atoms with van der Waals surface area (Å²) in [6.07, 6.45) is 22.1. The van der Waals surface area contributed by atoms with Crippen LogP contribution in [0.15, 0.2) is 12.2 Å². The fourth-order valence-electron chi connectivity index (χ4n) is 5.51. The highest BCUT2D eigenvalue weighted by Gasteiger charge is 2.44. The zero-order chi connectivity index (χ0) is 26.2. The summed E-state index contributed by atoms with van der Waals surface area (Å²) in [6.45, 7) is 4.41. The van der Waals surface area contributed by atoms with Crippen molar-refractivity contribution in [1.29, 1.82) is 0 Å². The summed E-state index contributed by atoms with van der Waals surface area (Å²) in [5.41, 5.74) is 5.57. The molecule has 36 heavy (non-hydrogen) atoms. The number of cyclic esters (lactones) is 1. The number of hydrogen-bond acceptors (Lipinski definition) is 5. The number of amides is 1. The number of rotatable bonds is 20. The molecule has 2 aliphatic rings. The van der Waals surface area contributed by atoms with Crippen molar-refractivity contribution < 1.29 is 23.9 Å². The average molecular weight is 506 g/mol. The number of carbonyl (C=O) groups excluding carboxylic acids is 3. The summed E-state index contributed by atoms with van der Waals surface area (Å²) in [4.78, 5) is 37.1. The minimum Gasteiger partial charge on any atom is -0.462 e. The molecule has 1 heterocycles. The summed E-state index contributed by atoms with van der Waals surface area (Å²) >= 11 is 0. The summed E-state index contributed by atoms with van der Waals surface area (Å²) in [5, 5.41) is 0. The quantitative estimate of drug-likeness (QED) is 0.112. The number of esters is 2. The van der Waals surface area contributed by atoms with Gasteiger partial charge < -0.3 is 15.2 Å². The second-order valence-corrected chi connectivity index (χ2v) is 10.9. The van der Waals surface area contributed by atoms with E-state index in [0.29, 0.717) is 19.3 Å². The standard InChI is InChI=1S/C30H51NO5/c1-3-5-7-9-10-11-12-13-14-18-23(22-27-26(30(34)36-27)21-15-8-6-4-2)35-29(33)25-20-17-16-19-24(25)28(31)32/h16-17,23-27H,3-15,18-22H2,1-2H3,(H2,31,32)/t23-,24?,25?,26-,27-/m0/s1. The zero-order valence-electron chi connectivity index (χ0n) is 22.9. The predicted octanol–water partition coefficient (Wildman–Crippen LogP) is 6.79. The number of nitrogens with two attached hydrogens (primary N) is 1. The molecule has 1 aliphatic heterocycles. The number of ether oxygens (including phenoxy) is 2. The molecule has 206 valence electrons. The first kappa shape index (κ1) is 30.4. The number of unbranched alkanes of at least 4 members (excludes halogenated alkanes) is 11. The van der Waals surface area contributed by atoms with E-state index in [1.807, 2.05) is 12.2 Å². The van der Waals surface area contributed by atoms with E-state index in [1.54, 1.807) is 0 Å². The molecular weight excluding hydrogens is 454 g/mol. The molecule has 0 aromatic carbocycles. The molecule has 1 fully saturated rings. The highest BCUT2D eigenvalue weighted by atomic mass is 16.6. The molecule has 5 atom stereocenters. The van der Waals surface area contributed by atoms with E-state index in [1.165, 1.54) is 51.4 Å². The van der Waals surface area contributed by atoms with Crippen molar-refractivity contribution in [2.75, 3.05) is 0 Å². The Morgan fingerprint density at radius 1 is 0.889 bits per heavy atom. The van der Waals surface area contributed by atoms with Gasteiger partial charge in [-0.1, -0.05) is 103 Å². The molecule has 0 bridgehead atoms. The third-order valence-corrected chi connectivity index (χ3v) is 7.90. The van der Waals surface area contributed by atoms with E-state index in [2.05, 4.69) is 13.8 Å². The van der Waals surface area contributed by atoms with E-state index < -0.39 is 17.7 Å². The maximum absolute atomic E-state index is 13.1. The molecule has 0 aromatic rings. The third-order valence-electron chi connectivity index (χ3n) is 7.90. The number of allylic oxidation sites excluding steroid dienone is 2. The Hall–Kier alpha value is -1.85. The molecule has 1 aliphatic carbocycles. The maximum Gasteiger partial charge on any atom is 0.313 e. The van der Waals surface area contributed by atoms with Crippen molar-refractivity contribution in [1.82, 2.24) is 0 Å². The van der Waals surface area contributed by atoms with E-state index in [0.717, 1.165) is 44.9 Å². The van der Waals surface area contributed by atoms with Gasteiger partial charge in [0.05, 0.1) is 17.8 Å². The number of primary amides is 1. The lowest BCUT2D eigenvalue weighted by atomic mass is 9.82. The molecular formula is C30H51NO5. The molecule has 6 heteroatoms. The molecule has 1 saturated heterocycles. The third kappa shape index (κ3) is 10.6. The average Bonchev–Trinajstić information content (AvgIpc) is 2.87. The summed E-state index contributed by atoms with van der Waals surface area (Å²) < 4.78 is 11.5. The normalized spacial score (nSPS) is 24.1. The second kappa shape index (κ2) is 17.6. The van der Waals surface area contributed by atoms with Gasteiger partial charge in [0, 0.05) is 6.42 Å². The molecule has 2 rings (SSSR count). The van der Waals surface area contributed by atoms with Crippen molar-refractivity contribution in [3.05, 3.63) is 12.2 Å². The summed E-state index contributed by atoms with van der Waals surface area (Å²) in [5.74, 6) is -2.01. The minimum atomic E-state index is -0.521. The first-order chi connectivity index (χ1) is 17.5. The van der Waals surface area contributed by atoms with Gasteiger partial charge in [-0.05, 0) is 32.1 Å². The van der Waals surface area contributed by atoms with Gasteiger partial charge in [-0.25, -0.2) is 0 Å². The highest BCUT2D eigenvalue weighted by Crippen LogP contribution is 2.34. The Kier molecular flexibility index (Phi) is 14.8. The summed E-state index contributed by atoms with van der Waals surface area (Å²) in [7, 11) is 0. The van der Waals surface area contributed by atoms with Crippen LogP contribution in [0.2, 0.25) is 0 Å². The first-order valence-corrected chi connectivity index (χ1v) is 14.8. The van der Waals surface area contributed by atoms with Crippen molar-refractivity contribution in [2.45, 2.75) is 142 Å². The monoisotopic (exact) mass is 505 g/mol. The lowest BCUT2D eigenvalue weighted by Gasteiger charge is -2.37. The molecule has 0 aromatic heterocycles. The van der Waals surface area contributed by atoms with Gasteiger partial charge in [0.25, 0.3) is 0 Å². The highest BCUT2D eigenvalue weighted by molar-refractivity contribution is 5.85. The number of hydrogen-bond donors (Lipinski definition) is 1. The van der Waals surface area contributed by atoms with E-state index in [9.17, 15) is 14.4 Å². The van der Waals surface area contributed by atoms with Gasteiger partial charge in [-0.15, -0.1) is 0 Å². The van der Waals surface area contributed by atoms with Crippen molar-refractivity contribution >= 4 is 17.8 Å². The van der Waals surface area contributed by atoms with Crippen LogP contribution in [0.1, 0.15) is 129 Å². The van der Waals surface area contributed by atoms with Gasteiger partial charge in [-0.2, -0.15) is 0 Å². The Balaban J connectivity index is 1.87. The van der Waals surface area contributed by atoms with Crippen LogP contribution in [-0.4, -0.2) is 30.1 Å². The van der Waals surface area contributed by atoms with Crippen LogP contribution >= 0.6 is 0 Å². The Morgan fingerprint density at radius 3 is 2.03 bits per heavy atom. The first-order valence-electron chi connectivity index (χ1n) is 14.8. The number of carbonyl (C=O) groups is 3. The summed E-state index contributed by atoms with van der Waals surface area (Å²) in [6, 6.07) is 0. The molecule has 1 amide bonds. The van der Waals surface area contributed by atoms with Gasteiger partial charge in [0.2, 0.25) is 5.91 Å². The molecule has 0 radical (unpaired) electrons. The fourth-order valence-corrected chi connectivity index (χ4v) is 5.51. The van der Waals surface area contributed by atoms with Crippen molar-refractivity contribution in [2.24, 2.45) is 23.5 Å². The van der Waals surface area contributed by atoms with Crippen LogP contribution in [0.3, 0.4) is 0 Å². The zero-order valence-corrected chi connectivity index (χ0v) is 22.9. The second-order valence-electron chi connectivity index (χ2n) is 10.9. The largest absolute Gasteiger partial charge is 0.462 e. The van der Waals surface area contributed by atoms with Gasteiger partial charge in [0.1, 0.15) is 12.2 Å². The molecule has 2 unspecified atom stereocenters. The van der Waals surface area contributed by atoms with Crippen LogP contribution in [-0.2, 0) is 23.9 Å². The van der Waals surface area contributed by atoms with Crippen LogP contribution < -0.4 is 5.73 Å². The Labute approximate surface area is 219 Å². The SMILES string of the molecule is CCCCCCCCCCC[C@@H](C[C@@H]1OC(=O)[C@H]1CCCCCC)OC(=O)C1CC=CCC1C(N)=O. The smallest absolute Gasteiger partial charge is 0.313 e. The minimum absolute atomic E-state index is 0.0813. The molecule has 2 N–H and O–H groups in total. The van der Waals surface area contributed by atoms with Crippen molar-refractivity contribution in [3.63, 3.8) is 0 Å². The Morgan fingerprint density at radius 2 is 1.44 bits per heavy atom. The van der Waals surface area contributed by atoms with E-state index in [-0.39, 0.29) is 30.1 Å². The fraction of sp³-hybridized carbons (Fsp3) is 0.833. The molecule has 6 nitrogen and oxygen atoms in total. The van der Waals surface area contributed by atoms with Crippen LogP contribution in [0.4, 0.5) is 0 Å². The Bertz CT molecular complexity index is 691. The van der Waals surface area contributed by atoms with Crippen LogP contribution in [0.5, 0.6) is 0 Å². The molecule has 0 spiro atoms. The lowest BCUT2D eigenvalue weighted by Crippen LogP contribution is -2.47. The molecule has 0 saturated carbocycles.